The molecule has 0 aliphatic heterocycles. The van der Waals surface area contributed by atoms with E-state index in [1.165, 1.54) is 19.4 Å². The van der Waals surface area contributed by atoms with Crippen LogP contribution in [0.15, 0.2) is 47.4 Å². The number of benzene rings is 2. The minimum Gasteiger partial charge on any atom is -0.332 e. The third kappa shape index (κ3) is 2.91. The molecular formula is C13H13N2O3S. The van der Waals surface area contributed by atoms with Crippen LogP contribution in [0, 0.1) is 0 Å². The van der Waals surface area contributed by atoms with Crippen LogP contribution in [0.2, 0.25) is 0 Å². The van der Waals surface area contributed by atoms with Gasteiger partial charge >= 0.3 is 6.41 Å². The molecule has 99 valence electrons. The number of hydrogen-bond donors (Lipinski definition) is 2. The van der Waals surface area contributed by atoms with Crippen LogP contribution in [-0.2, 0) is 14.8 Å². The largest absolute Gasteiger partial charge is 0.332 e. The minimum absolute atomic E-state index is 0.185. The maximum Gasteiger partial charge on any atom is 0.310 e. The number of amides is 1. The van der Waals surface area contributed by atoms with Gasteiger partial charge in [-0.1, -0.05) is 36.4 Å². The zero-order valence-electron chi connectivity index (χ0n) is 10.3. The lowest BCUT2D eigenvalue weighted by atomic mass is 10.1. The maximum absolute atomic E-state index is 12.3. The molecule has 0 fully saturated rings. The Morgan fingerprint density at radius 1 is 1.11 bits per heavy atom. The van der Waals surface area contributed by atoms with Crippen molar-refractivity contribution in [2.75, 3.05) is 0 Å². The van der Waals surface area contributed by atoms with Gasteiger partial charge in [0.05, 0.1) is 11.1 Å². The fourth-order valence-electron chi connectivity index (χ4n) is 1.84. The second kappa shape index (κ2) is 5.38. The van der Waals surface area contributed by atoms with Crippen LogP contribution >= 0.6 is 0 Å². The van der Waals surface area contributed by atoms with E-state index in [0.29, 0.717) is 5.39 Å². The Labute approximate surface area is 111 Å². The van der Waals surface area contributed by atoms with Gasteiger partial charge in [-0.3, -0.25) is 4.79 Å². The Kier molecular flexibility index (Phi) is 3.82. The molecule has 0 aromatic heterocycles. The van der Waals surface area contributed by atoms with Crippen LogP contribution in [0.3, 0.4) is 0 Å². The van der Waals surface area contributed by atoms with Crippen LogP contribution in [0.4, 0.5) is 0 Å². The molecule has 0 saturated heterocycles. The van der Waals surface area contributed by atoms with E-state index in [1.54, 1.807) is 18.2 Å². The number of hydrogen-bond acceptors (Lipinski definition) is 3. The van der Waals surface area contributed by atoms with Crippen molar-refractivity contribution < 1.29 is 13.2 Å². The molecule has 2 N–H and O–H groups in total. The van der Waals surface area contributed by atoms with E-state index in [4.69, 9.17) is 0 Å². The summed E-state index contributed by atoms with van der Waals surface area (Å²) in [5.74, 6) is 0. The zero-order chi connectivity index (χ0) is 13.9. The highest BCUT2D eigenvalue weighted by Crippen LogP contribution is 2.22. The smallest absolute Gasteiger partial charge is 0.310 e. The summed E-state index contributed by atoms with van der Waals surface area (Å²) in [4.78, 5) is 10.4. The van der Waals surface area contributed by atoms with Crippen molar-refractivity contribution in [1.29, 1.82) is 0 Å². The third-order valence-electron chi connectivity index (χ3n) is 2.65. The summed E-state index contributed by atoms with van der Waals surface area (Å²) >= 11 is 0. The summed E-state index contributed by atoms with van der Waals surface area (Å²) in [6, 6.07) is 12.3. The number of fused-ring (bicyclic) bond motifs is 1. The van der Waals surface area contributed by atoms with Crippen LogP contribution in [0.5, 0.6) is 0 Å². The van der Waals surface area contributed by atoms with Gasteiger partial charge in [0.15, 0.2) is 0 Å². The predicted molar refractivity (Wildman–Crippen MR) is 72.6 cm³/mol. The van der Waals surface area contributed by atoms with Crippen molar-refractivity contribution in [3.8, 4) is 0 Å². The van der Waals surface area contributed by atoms with Crippen LogP contribution in [-0.4, -0.2) is 21.0 Å². The van der Waals surface area contributed by atoms with E-state index in [-0.39, 0.29) is 4.90 Å². The second-order valence-corrected chi connectivity index (χ2v) is 5.75. The molecule has 19 heavy (non-hydrogen) atoms. The molecule has 0 saturated carbocycles. The van der Waals surface area contributed by atoms with Crippen molar-refractivity contribution in [2.24, 2.45) is 0 Å². The summed E-state index contributed by atoms with van der Waals surface area (Å²) in [6.07, 6.45) is 0.731. The first kappa shape index (κ1) is 13.5. The Hall–Kier alpha value is -1.92. The number of sulfonamides is 1. The standard InChI is InChI=1S/C13H13N2O3S/c1-10(14-9-16)15-19(17,18)13-8-4-6-11-5-2-3-7-12(11)13/h2-8,10,15H,1H3,(H,14,16). The van der Waals surface area contributed by atoms with E-state index in [2.05, 4.69) is 10.0 Å². The average Bonchev–Trinajstić information content (AvgIpc) is 2.37. The summed E-state index contributed by atoms with van der Waals surface area (Å²) in [5.41, 5.74) is 0. The molecule has 1 unspecified atom stereocenters. The van der Waals surface area contributed by atoms with Gasteiger partial charge in [0.1, 0.15) is 0 Å². The minimum atomic E-state index is -3.70. The first-order chi connectivity index (χ1) is 9.04. The van der Waals surface area contributed by atoms with Gasteiger partial charge in [0.25, 0.3) is 0 Å². The molecule has 0 aliphatic carbocycles. The van der Waals surface area contributed by atoms with Crippen LogP contribution in [0.1, 0.15) is 6.92 Å². The summed E-state index contributed by atoms with van der Waals surface area (Å²) in [6.45, 7) is 1.52. The van der Waals surface area contributed by atoms with Gasteiger partial charge in [-0.25, -0.2) is 8.42 Å². The lowest BCUT2D eigenvalue weighted by Gasteiger charge is -2.14. The van der Waals surface area contributed by atoms with Gasteiger partial charge in [0, 0.05) is 5.39 Å². The summed E-state index contributed by atoms with van der Waals surface area (Å²) < 4.78 is 26.9. The Bertz CT molecular complexity index is 693. The maximum atomic E-state index is 12.3. The Balaban J connectivity index is 2.46. The number of nitrogens with one attached hydrogen (secondary N) is 2. The molecule has 0 spiro atoms. The lowest BCUT2D eigenvalue weighted by Crippen LogP contribution is -2.42. The van der Waals surface area contributed by atoms with Gasteiger partial charge in [-0.15, -0.1) is 0 Å². The molecular weight excluding hydrogens is 264 g/mol. The van der Waals surface area contributed by atoms with Gasteiger partial charge in [-0.05, 0) is 18.4 Å². The van der Waals surface area contributed by atoms with Crippen molar-refractivity contribution in [3.63, 3.8) is 0 Å². The summed E-state index contributed by atoms with van der Waals surface area (Å²) in [5, 5.41) is 3.70. The predicted octanol–water partition coefficient (Wildman–Crippen LogP) is 1.12. The van der Waals surface area contributed by atoms with Crippen molar-refractivity contribution >= 4 is 27.2 Å². The fourth-order valence-corrected chi connectivity index (χ4v) is 3.23. The quantitative estimate of drug-likeness (QED) is 0.635. The molecule has 6 heteroatoms. The molecule has 1 amide bonds. The molecule has 1 atom stereocenters. The number of rotatable bonds is 5. The van der Waals surface area contributed by atoms with E-state index < -0.39 is 16.2 Å². The molecule has 0 bridgehead atoms. The molecule has 0 heterocycles. The topological polar surface area (TPSA) is 75.3 Å². The van der Waals surface area contributed by atoms with Gasteiger partial charge < -0.3 is 5.32 Å². The zero-order valence-corrected chi connectivity index (χ0v) is 11.1. The highest BCUT2D eigenvalue weighted by Gasteiger charge is 2.19. The molecule has 2 aromatic rings. The van der Waals surface area contributed by atoms with Crippen molar-refractivity contribution in [1.82, 2.24) is 10.0 Å². The van der Waals surface area contributed by atoms with Gasteiger partial charge in [0.2, 0.25) is 10.0 Å². The second-order valence-electron chi connectivity index (χ2n) is 4.07. The molecule has 0 aliphatic rings. The van der Waals surface area contributed by atoms with E-state index >= 15 is 0 Å². The monoisotopic (exact) mass is 277 g/mol. The van der Waals surface area contributed by atoms with Crippen LogP contribution < -0.4 is 10.0 Å². The molecule has 5 nitrogen and oxygen atoms in total. The van der Waals surface area contributed by atoms with E-state index in [9.17, 15) is 13.2 Å². The van der Waals surface area contributed by atoms with E-state index in [0.717, 1.165) is 5.39 Å². The highest BCUT2D eigenvalue weighted by atomic mass is 32.2. The Morgan fingerprint density at radius 2 is 1.79 bits per heavy atom. The fraction of sp³-hybridized carbons (Fsp3) is 0.154. The lowest BCUT2D eigenvalue weighted by molar-refractivity contribution is 0.511. The van der Waals surface area contributed by atoms with E-state index in [1.807, 2.05) is 18.2 Å². The van der Waals surface area contributed by atoms with Gasteiger partial charge in [-0.2, -0.15) is 4.72 Å². The highest BCUT2D eigenvalue weighted by molar-refractivity contribution is 7.89. The van der Waals surface area contributed by atoms with Crippen LogP contribution in [0.25, 0.3) is 10.8 Å². The molecule has 1 radical (unpaired) electrons. The normalized spacial score (nSPS) is 13.1. The van der Waals surface area contributed by atoms with Crippen molar-refractivity contribution in [3.05, 3.63) is 42.5 Å². The number of carbonyl (C=O) groups excluding carboxylic acids is 1. The average molecular weight is 277 g/mol. The molecule has 2 rings (SSSR count). The van der Waals surface area contributed by atoms with Crippen molar-refractivity contribution in [2.45, 2.75) is 18.0 Å². The summed E-state index contributed by atoms with van der Waals surface area (Å²) in [7, 11) is -3.70. The first-order valence-corrected chi connectivity index (χ1v) is 7.15. The molecule has 2 aromatic carbocycles. The SMILES string of the molecule is CC(N[C]=O)NS(=O)(=O)c1cccc2ccccc12. The first-order valence-electron chi connectivity index (χ1n) is 5.67. The Morgan fingerprint density at radius 3 is 2.53 bits per heavy atom. The third-order valence-corrected chi connectivity index (χ3v) is 4.25.